The van der Waals surface area contributed by atoms with E-state index in [0.29, 0.717) is 12.1 Å². The highest BCUT2D eigenvalue weighted by atomic mass is 19.4. The number of alkyl halides is 3. The quantitative estimate of drug-likeness (QED) is 0.726. The molecule has 0 saturated carbocycles. The Morgan fingerprint density at radius 1 is 1.04 bits per heavy atom. The van der Waals surface area contributed by atoms with Gasteiger partial charge in [-0.05, 0) is 12.1 Å². The standard InChI is InChI=1S/C17H20F3N3O4/c18-17(19,20)16(26)23-8-6-22(7-9-23)10-11-27-14(24)12-21-15(25)13-4-2-1-3-5-13/h1-5H,6-12H2,(H,21,25). The SMILES string of the molecule is O=C(CNC(=O)c1ccccc1)OCCN1CCN(C(=O)C(F)(F)F)CC1. The molecule has 1 fully saturated rings. The summed E-state index contributed by atoms with van der Waals surface area (Å²) in [6.07, 6.45) is -4.86. The van der Waals surface area contributed by atoms with E-state index in [1.54, 1.807) is 35.2 Å². The van der Waals surface area contributed by atoms with Crippen molar-refractivity contribution in [1.82, 2.24) is 15.1 Å². The maximum atomic E-state index is 12.4. The molecule has 1 saturated heterocycles. The first-order valence-electron chi connectivity index (χ1n) is 8.34. The van der Waals surface area contributed by atoms with Crippen LogP contribution in [-0.4, -0.2) is 79.6 Å². The second-order valence-corrected chi connectivity index (χ2v) is 5.90. The molecule has 1 heterocycles. The van der Waals surface area contributed by atoms with Crippen LogP contribution < -0.4 is 5.32 Å². The third-order valence-electron chi connectivity index (χ3n) is 4.00. The molecule has 10 heteroatoms. The van der Waals surface area contributed by atoms with Crippen LogP contribution in [-0.2, 0) is 14.3 Å². The number of nitrogens with one attached hydrogen (secondary N) is 1. The summed E-state index contributed by atoms with van der Waals surface area (Å²) in [4.78, 5) is 37.1. The number of carbonyl (C=O) groups is 3. The van der Waals surface area contributed by atoms with Crippen molar-refractivity contribution < 1.29 is 32.3 Å². The second kappa shape index (κ2) is 9.36. The molecular formula is C17H20F3N3O4. The van der Waals surface area contributed by atoms with Crippen LogP contribution in [0.4, 0.5) is 13.2 Å². The van der Waals surface area contributed by atoms with E-state index in [1.807, 2.05) is 0 Å². The number of ether oxygens (including phenoxy) is 1. The zero-order valence-corrected chi connectivity index (χ0v) is 14.5. The molecule has 0 bridgehead atoms. The fourth-order valence-electron chi connectivity index (χ4n) is 2.54. The summed E-state index contributed by atoms with van der Waals surface area (Å²) in [6, 6.07) is 8.40. The van der Waals surface area contributed by atoms with E-state index in [0.717, 1.165) is 4.90 Å². The van der Waals surface area contributed by atoms with Crippen molar-refractivity contribution >= 4 is 17.8 Å². The highest BCUT2D eigenvalue weighted by molar-refractivity contribution is 5.95. The number of esters is 1. The number of hydrogen-bond donors (Lipinski definition) is 1. The Bertz CT molecular complexity index is 659. The van der Waals surface area contributed by atoms with Gasteiger partial charge in [0.15, 0.2) is 0 Å². The average molecular weight is 387 g/mol. The number of hydrogen-bond acceptors (Lipinski definition) is 5. The van der Waals surface area contributed by atoms with E-state index in [-0.39, 0.29) is 39.3 Å². The van der Waals surface area contributed by atoms with Gasteiger partial charge in [0.05, 0.1) is 0 Å². The average Bonchev–Trinajstić information content (AvgIpc) is 2.66. The number of nitrogens with zero attached hydrogens (tertiary/aromatic N) is 2. The minimum absolute atomic E-state index is 0.0284. The lowest BCUT2D eigenvalue weighted by Gasteiger charge is -2.34. The summed E-state index contributed by atoms with van der Waals surface area (Å²) < 4.78 is 42.1. The number of carbonyl (C=O) groups excluding carboxylic acids is 3. The Morgan fingerprint density at radius 2 is 1.67 bits per heavy atom. The summed E-state index contributed by atoms with van der Waals surface area (Å²) in [6.45, 7) is 0.592. The van der Waals surface area contributed by atoms with E-state index < -0.39 is 24.0 Å². The Balaban J connectivity index is 1.61. The maximum Gasteiger partial charge on any atom is 0.471 e. The molecule has 1 aliphatic heterocycles. The highest BCUT2D eigenvalue weighted by Crippen LogP contribution is 2.19. The van der Waals surface area contributed by atoms with Crippen LogP contribution in [0.3, 0.4) is 0 Å². The predicted molar refractivity (Wildman–Crippen MR) is 88.8 cm³/mol. The van der Waals surface area contributed by atoms with Crippen molar-refractivity contribution in [1.29, 1.82) is 0 Å². The number of halogens is 3. The topological polar surface area (TPSA) is 79.0 Å². The van der Waals surface area contributed by atoms with Gasteiger partial charge in [-0.3, -0.25) is 19.3 Å². The maximum absolute atomic E-state index is 12.4. The van der Waals surface area contributed by atoms with Crippen molar-refractivity contribution in [3.05, 3.63) is 35.9 Å². The lowest BCUT2D eigenvalue weighted by molar-refractivity contribution is -0.187. The largest absolute Gasteiger partial charge is 0.471 e. The van der Waals surface area contributed by atoms with Gasteiger partial charge in [0.1, 0.15) is 13.2 Å². The molecule has 0 aliphatic carbocycles. The molecule has 7 nitrogen and oxygen atoms in total. The second-order valence-electron chi connectivity index (χ2n) is 5.90. The van der Waals surface area contributed by atoms with Gasteiger partial charge in [0.25, 0.3) is 5.91 Å². The molecule has 1 aromatic carbocycles. The summed E-state index contributed by atoms with van der Waals surface area (Å²) in [5.41, 5.74) is 0.427. The number of rotatable bonds is 6. The molecule has 0 atom stereocenters. The van der Waals surface area contributed by atoms with Crippen LogP contribution in [0.5, 0.6) is 0 Å². The van der Waals surface area contributed by atoms with Gasteiger partial charge < -0.3 is 15.0 Å². The van der Waals surface area contributed by atoms with Gasteiger partial charge in [-0.25, -0.2) is 0 Å². The molecule has 0 unspecified atom stereocenters. The van der Waals surface area contributed by atoms with Crippen molar-refractivity contribution in [3.63, 3.8) is 0 Å². The van der Waals surface area contributed by atoms with E-state index in [9.17, 15) is 27.6 Å². The lowest BCUT2D eigenvalue weighted by Crippen LogP contribution is -2.52. The normalized spacial score (nSPS) is 15.3. The first-order chi connectivity index (χ1) is 12.8. The van der Waals surface area contributed by atoms with Crippen molar-refractivity contribution in [2.75, 3.05) is 45.9 Å². The Kier molecular flexibility index (Phi) is 7.17. The fraction of sp³-hybridized carbons (Fsp3) is 0.471. The van der Waals surface area contributed by atoms with Crippen LogP contribution in [0.25, 0.3) is 0 Å². The molecule has 1 aromatic rings. The third kappa shape index (κ3) is 6.55. The van der Waals surface area contributed by atoms with Gasteiger partial charge in [-0.1, -0.05) is 18.2 Å². The Labute approximate surface area is 154 Å². The molecule has 27 heavy (non-hydrogen) atoms. The predicted octanol–water partition coefficient (Wildman–Crippen LogP) is 0.666. The van der Waals surface area contributed by atoms with E-state index in [1.165, 1.54) is 0 Å². The Morgan fingerprint density at radius 3 is 2.26 bits per heavy atom. The molecular weight excluding hydrogens is 367 g/mol. The molecule has 1 N–H and O–H groups in total. The fourth-order valence-corrected chi connectivity index (χ4v) is 2.54. The van der Waals surface area contributed by atoms with Gasteiger partial charge >= 0.3 is 18.1 Å². The van der Waals surface area contributed by atoms with Crippen molar-refractivity contribution in [2.24, 2.45) is 0 Å². The summed E-state index contributed by atoms with van der Waals surface area (Å²) in [5.74, 6) is -2.83. The number of amides is 2. The monoisotopic (exact) mass is 387 g/mol. The molecule has 1 aliphatic rings. The summed E-state index contributed by atoms with van der Waals surface area (Å²) in [7, 11) is 0. The number of benzene rings is 1. The molecule has 2 amide bonds. The molecule has 0 radical (unpaired) electrons. The van der Waals surface area contributed by atoms with E-state index in [4.69, 9.17) is 4.74 Å². The molecule has 0 spiro atoms. The molecule has 0 aromatic heterocycles. The van der Waals surface area contributed by atoms with Crippen LogP contribution in [0.1, 0.15) is 10.4 Å². The van der Waals surface area contributed by atoms with Crippen LogP contribution in [0, 0.1) is 0 Å². The zero-order chi connectivity index (χ0) is 19.9. The van der Waals surface area contributed by atoms with Crippen LogP contribution in [0.15, 0.2) is 30.3 Å². The number of piperazine rings is 1. The highest BCUT2D eigenvalue weighted by Gasteiger charge is 2.43. The van der Waals surface area contributed by atoms with Gasteiger partial charge in [0.2, 0.25) is 0 Å². The van der Waals surface area contributed by atoms with Crippen LogP contribution in [0.2, 0.25) is 0 Å². The van der Waals surface area contributed by atoms with Gasteiger partial charge in [-0.2, -0.15) is 13.2 Å². The first kappa shape index (κ1) is 20.7. The smallest absolute Gasteiger partial charge is 0.463 e. The summed E-state index contributed by atoms with van der Waals surface area (Å²) >= 11 is 0. The molecule has 2 rings (SSSR count). The van der Waals surface area contributed by atoms with E-state index in [2.05, 4.69) is 5.32 Å². The third-order valence-corrected chi connectivity index (χ3v) is 4.00. The first-order valence-corrected chi connectivity index (χ1v) is 8.34. The van der Waals surface area contributed by atoms with E-state index >= 15 is 0 Å². The van der Waals surface area contributed by atoms with Crippen molar-refractivity contribution in [2.45, 2.75) is 6.18 Å². The Hall–Kier alpha value is -2.62. The van der Waals surface area contributed by atoms with Gasteiger partial charge in [0, 0.05) is 38.3 Å². The van der Waals surface area contributed by atoms with Crippen molar-refractivity contribution in [3.8, 4) is 0 Å². The summed E-state index contributed by atoms with van der Waals surface area (Å²) in [5, 5.41) is 2.44. The lowest BCUT2D eigenvalue weighted by atomic mass is 10.2. The minimum Gasteiger partial charge on any atom is -0.463 e. The minimum atomic E-state index is -4.86. The molecule has 148 valence electrons. The van der Waals surface area contributed by atoms with Crippen LogP contribution >= 0.6 is 0 Å². The van der Waals surface area contributed by atoms with Gasteiger partial charge in [-0.15, -0.1) is 0 Å². The zero-order valence-electron chi connectivity index (χ0n) is 14.5.